The molecule has 0 unspecified atom stereocenters. The minimum Gasteiger partial charge on any atom is -0.486 e. The van der Waals surface area contributed by atoms with Crippen molar-refractivity contribution >= 4 is 11.6 Å². The molecule has 19 heavy (non-hydrogen) atoms. The van der Waals surface area contributed by atoms with E-state index in [0.717, 1.165) is 5.75 Å². The van der Waals surface area contributed by atoms with E-state index in [9.17, 15) is 0 Å². The normalized spacial score (nSPS) is 10.3. The molecule has 0 N–H and O–H groups in total. The van der Waals surface area contributed by atoms with E-state index in [1.165, 1.54) is 18.2 Å². The first-order valence-electron chi connectivity index (χ1n) is 5.86. The van der Waals surface area contributed by atoms with Crippen LogP contribution in [-0.4, -0.2) is 17.1 Å². The number of hydrogen-bond donors (Lipinski definition) is 0. The van der Waals surface area contributed by atoms with Crippen molar-refractivity contribution in [3.8, 4) is 11.6 Å². The predicted molar refractivity (Wildman–Crippen MR) is 73.8 cm³/mol. The lowest BCUT2D eigenvalue weighted by Gasteiger charge is -2.08. The van der Waals surface area contributed by atoms with E-state index in [1.54, 1.807) is 6.07 Å². The Morgan fingerprint density at radius 2 is 1.89 bits per heavy atom. The highest BCUT2D eigenvalue weighted by atomic mass is 35.5. The molecule has 0 saturated heterocycles. The van der Waals surface area contributed by atoms with Gasteiger partial charge >= 0.3 is 0 Å². The molecule has 2 aromatic rings. The van der Waals surface area contributed by atoms with Crippen molar-refractivity contribution in [2.75, 3.05) is 7.11 Å². The molecule has 0 aliphatic rings. The Morgan fingerprint density at radius 1 is 1.11 bits per heavy atom. The maximum atomic E-state index is 5.87. The van der Waals surface area contributed by atoms with Gasteiger partial charge in [0.2, 0.25) is 5.88 Å². The maximum absolute atomic E-state index is 5.87. The minimum atomic E-state index is 0.249. The van der Waals surface area contributed by atoms with E-state index in [1.807, 2.05) is 25.1 Å². The lowest BCUT2D eigenvalue weighted by Crippen LogP contribution is -2.03. The SMILES string of the molecule is COc1cc(Cl)nc(COc2ccc(C)c(C)c2)n1. The predicted octanol–water partition coefficient (Wildman–Crippen LogP) is 3.33. The van der Waals surface area contributed by atoms with Gasteiger partial charge in [0.15, 0.2) is 5.82 Å². The van der Waals surface area contributed by atoms with Gasteiger partial charge in [-0.2, -0.15) is 4.98 Å². The average Bonchev–Trinajstić information content (AvgIpc) is 2.39. The monoisotopic (exact) mass is 278 g/mol. The summed E-state index contributed by atoms with van der Waals surface area (Å²) < 4.78 is 10.7. The van der Waals surface area contributed by atoms with Crippen LogP contribution in [0.5, 0.6) is 11.6 Å². The van der Waals surface area contributed by atoms with Crippen molar-refractivity contribution in [3.05, 3.63) is 46.4 Å². The zero-order valence-corrected chi connectivity index (χ0v) is 11.9. The molecular weight excluding hydrogens is 264 g/mol. The number of aryl methyl sites for hydroxylation is 2. The topological polar surface area (TPSA) is 44.2 Å². The van der Waals surface area contributed by atoms with Crippen molar-refractivity contribution in [3.63, 3.8) is 0 Å². The molecule has 100 valence electrons. The largest absolute Gasteiger partial charge is 0.486 e. The first-order valence-corrected chi connectivity index (χ1v) is 6.24. The number of hydrogen-bond acceptors (Lipinski definition) is 4. The Labute approximate surface area is 117 Å². The highest BCUT2D eigenvalue weighted by Gasteiger charge is 2.05. The van der Waals surface area contributed by atoms with Crippen LogP contribution >= 0.6 is 11.6 Å². The van der Waals surface area contributed by atoms with Crippen molar-refractivity contribution in [2.45, 2.75) is 20.5 Å². The second-order valence-electron chi connectivity index (χ2n) is 4.18. The highest BCUT2D eigenvalue weighted by molar-refractivity contribution is 6.29. The molecule has 0 atom stereocenters. The molecule has 0 amide bonds. The standard InChI is InChI=1S/C14H15ClN2O2/c1-9-4-5-11(6-10(9)2)19-8-13-16-12(15)7-14(17-13)18-3/h4-7H,8H2,1-3H3. The summed E-state index contributed by atoms with van der Waals surface area (Å²) in [6.07, 6.45) is 0. The fourth-order valence-corrected chi connectivity index (χ4v) is 1.75. The van der Waals surface area contributed by atoms with E-state index < -0.39 is 0 Å². The number of aromatic nitrogens is 2. The number of ether oxygens (including phenoxy) is 2. The molecule has 0 radical (unpaired) electrons. The van der Waals surface area contributed by atoms with Gasteiger partial charge in [0, 0.05) is 6.07 Å². The molecule has 1 aromatic carbocycles. The lowest BCUT2D eigenvalue weighted by molar-refractivity contribution is 0.292. The molecule has 4 nitrogen and oxygen atoms in total. The first-order chi connectivity index (χ1) is 9.08. The van der Waals surface area contributed by atoms with Crippen LogP contribution in [0.1, 0.15) is 17.0 Å². The third-order valence-electron chi connectivity index (χ3n) is 2.77. The second-order valence-corrected chi connectivity index (χ2v) is 4.57. The smallest absolute Gasteiger partial charge is 0.217 e. The molecule has 1 aromatic heterocycles. The highest BCUT2D eigenvalue weighted by Crippen LogP contribution is 2.18. The fraction of sp³-hybridized carbons (Fsp3) is 0.286. The molecule has 5 heteroatoms. The second kappa shape index (κ2) is 5.89. The first kappa shape index (κ1) is 13.6. The van der Waals surface area contributed by atoms with Crippen LogP contribution in [0.2, 0.25) is 5.15 Å². The summed E-state index contributed by atoms with van der Waals surface area (Å²) >= 11 is 5.87. The van der Waals surface area contributed by atoms with Gasteiger partial charge in [-0.25, -0.2) is 4.98 Å². The number of methoxy groups -OCH3 is 1. The van der Waals surface area contributed by atoms with Gasteiger partial charge in [0.1, 0.15) is 17.5 Å². The summed E-state index contributed by atoms with van der Waals surface area (Å²) in [4.78, 5) is 8.25. The summed E-state index contributed by atoms with van der Waals surface area (Å²) in [5, 5.41) is 0.338. The van der Waals surface area contributed by atoms with E-state index >= 15 is 0 Å². The zero-order valence-electron chi connectivity index (χ0n) is 11.1. The maximum Gasteiger partial charge on any atom is 0.217 e. The number of rotatable bonds is 4. The van der Waals surface area contributed by atoms with Crippen LogP contribution in [0.3, 0.4) is 0 Å². The van der Waals surface area contributed by atoms with Crippen molar-refractivity contribution < 1.29 is 9.47 Å². The number of halogens is 1. The summed E-state index contributed by atoms with van der Waals surface area (Å²) in [6, 6.07) is 7.48. The van der Waals surface area contributed by atoms with Crippen LogP contribution in [0, 0.1) is 13.8 Å². The average molecular weight is 279 g/mol. The fourth-order valence-electron chi connectivity index (χ4n) is 1.56. The zero-order chi connectivity index (χ0) is 13.8. The Kier molecular flexibility index (Phi) is 4.22. The lowest BCUT2D eigenvalue weighted by atomic mass is 10.1. The van der Waals surface area contributed by atoms with Crippen LogP contribution in [0.4, 0.5) is 0 Å². The van der Waals surface area contributed by atoms with Crippen LogP contribution < -0.4 is 9.47 Å². The van der Waals surface area contributed by atoms with Gasteiger partial charge in [0.25, 0.3) is 0 Å². The molecule has 0 spiro atoms. The summed E-state index contributed by atoms with van der Waals surface area (Å²) in [5.41, 5.74) is 2.41. The summed E-state index contributed by atoms with van der Waals surface area (Å²) in [7, 11) is 1.53. The molecule has 1 heterocycles. The van der Waals surface area contributed by atoms with Gasteiger partial charge in [-0.05, 0) is 37.1 Å². The van der Waals surface area contributed by atoms with Gasteiger partial charge in [-0.15, -0.1) is 0 Å². The Morgan fingerprint density at radius 3 is 2.58 bits per heavy atom. The quantitative estimate of drug-likeness (QED) is 0.805. The molecule has 0 saturated carbocycles. The Bertz CT molecular complexity index is 588. The Balaban J connectivity index is 2.09. The summed E-state index contributed by atoms with van der Waals surface area (Å²) in [6.45, 7) is 4.35. The van der Waals surface area contributed by atoms with Crippen LogP contribution in [0.15, 0.2) is 24.3 Å². The molecule has 0 aliphatic carbocycles. The molecular formula is C14H15ClN2O2. The van der Waals surface area contributed by atoms with E-state index in [4.69, 9.17) is 21.1 Å². The third kappa shape index (κ3) is 3.58. The van der Waals surface area contributed by atoms with E-state index in [2.05, 4.69) is 16.9 Å². The van der Waals surface area contributed by atoms with Gasteiger partial charge in [0.05, 0.1) is 7.11 Å². The van der Waals surface area contributed by atoms with Crippen LogP contribution in [0.25, 0.3) is 0 Å². The van der Waals surface area contributed by atoms with E-state index in [0.29, 0.717) is 16.9 Å². The van der Waals surface area contributed by atoms with Gasteiger partial charge in [-0.1, -0.05) is 17.7 Å². The molecule has 0 bridgehead atoms. The van der Waals surface area contributed by atoms with E-state index in [-0.39, 0.29) is 6.61 Å². The number of nitrogens with zero attached hydrogens (tertiary/aromatic N) is 2. The van der Waals surface area contributed by atoms with Crippen molar-refractivity contribution in [2.24, 2.45) is 0 Å². The van der Waals surface area contributed by atoms with Crippen molar-refractivity contribution in [1.82, 2.24) is 9.97 Å². The molecule has 2 rings (SSSR count). The Hall–Kier alpha value is -1.81. The summed E-state index contributed by atoms with van der Waals surface area (Å²) in [5.74, 6) is 1.70. The number of benzene rings is 1. The van der Waals surface area contributed by atoms with Crippen molar-refractivity contribution in [1.29, 1.82) is 0 Å². The molecule has 0 fully saturated rings. The van der Waals surface area contributed by atoms with Crippen LogP contribution in [-0.2, 0) is 6.61 Å². The minimum absolute atomic E-state index is 0.249. The van der Waals surface area contributed by atoms with Gasteiger partial charge in [-0.3, -0.25) is 0 Å². The van der Waals surface area contributed by atoms with Gasteiger partial charge < -0.3 is 9.47 Å². The molecule has 0 aliphatic heterocycles. The third-order valence-corrected chi connectivity index (χ3v) is 2.97.